The topological polar surface area (TPSA) is 66.8 Å². The Labute approximate surface area is 126 Å². The van der Waals surface area contributed by atoms with Gasteiger partial charge in [-0.15, -0.1) is 0 Å². The molecule has 1 heterocycles. The predicted octanol–water partition coefficient (Wildman–Crippen LogP) is 2.52. The summed E-state index contributed by atoms with van der Waals surface area (Å²) in [7, 11) is 0. The molecular formula is C17H26O4. The Morgan fingerprint density at radius 3 is 2.67 bits per heavy atom. The Morgan fingerprint density at radius 2 is 2.00 bits per heavy atom. The molecule has 0 unspecified atom stereocenters. The van der Waals surface area contributed by atoms with E-state index < -0.39 is 17.7 Å². The van der Waals surface area contributed by atoms with E-state index >= 15 is 0 Å². The van der Waals surface area contributed by atoms with Crippen molar-refractivity contribution >= 4 is 5.97 Å². The number of rotatable bonds is 0. The number of cyclic esters (lactones) is 1. The number of ether oxygens (including phenoxy) is 1. The standard InChI is InChI=1S/C17H26O4/c1-12-6-5-7-13(2)15(18)8-10-17(4,20)11-9-16(19)21-14(12)3/h7-12,14-15,18,20H,5-6H2,1-4H3/b10-8+,11-9+,13-7+/t12-,14+,15+,17+/m0/s1. The molecular weight excluding hydrogens is 268 g/mol. The van der Waals surface area contributed by atoms with Gasteiger partial charge in [-0.1, -0.05) is 25.2 Å². The summed E-state index contributed by atoms with van der Waals surface area (Å²) in [5.74, 6) is -0.241. The Kier molecular flexibility index (Phi) is 6.37. The fourth-order valence-electron chi connectivity index (χ4n) is 2.00. The maximum atomic E-state index is 11.7. The molecule has 0 aliphatic carbocycles. The average molecular weight is 294 g/mol. The van der Waals surface area contributed by atoms with Gasteiger partial charge in [0.15, 0.2) is 0 Å². The van der Waals surface area contributed by atoms with Gasteiger partial charge in [0.2, 0.25) is 0 Å². The molecule has 0 aromatic heterocycles. The molecule has 21 heavy (non-hydrogen) atoms. The second kappa shape index (κ2) is 7.57. The first kappa shape index (κ1) is 17.7. The fraction of sp³-hybridized carbons (Fsp3) is 0.588. The highest BCUT2D eigenvalue weighted by Crippen LogP contribution is 2.18. The van der Waals surface area contributed by atoms with Gasteiger partial charge in [-0.2, -0.15) is 0 Å². The molecule has 0 spiro atoms. The van der Waals surface area contributed by atoms with Crippen LogP contribution >= 0.6 is 0 Å². The van der Waals surface area contributed by atoms with Crippen LogP contribution < -0.4 is 0 Å². The molecule has 0 fully saturated rings. The summed E-state index contributed by atoms with van der Waals surface area (Å²) in [5.41, 5.74) is -0.459. The van der Waals surface area contributed by atoms with Gasteiger partial charge in [-0.05, 0) is 51.2 Å². The van der Waals surface area contributed by atoms with E-state index in [9.17, 15) is 15.0 Å². The molecule has 118 valence electrons. The number of hydrogen-bond donors (Lipinski definition) is 2. The number of aliphatic hydroxyl groups is 2. The summed E-state index contributed by atoms with van der Waals surface area (Å²) in [6.07, 6.45) is 8.34. The lowest BCUT2D eigenvalue weighted by atomic mass is 9.97. The number of carbonyl (C=O) groups excluding carboxylic acids is 1. The molecule has 0 radical (unpaired) electrons. The number of esters is 1. The van der Waals surface area contributed by atoms with Gasteiger partial charge in [0, 0.05) is 6.08 Å². The summed E-state index contributed by atoms with van der Waals surface area (Å²) in [6, 6.07) is 0. The molecule has 1 aliphatic heterocycles. The van der Waals surface area contributed by atoms with Crippen molar-refractivity contribution in [2.45, 2.75) is 58.3 Å². The van der Waals surface area contributed by atoms with E-state index in [2.05, 4.69) is 0 Å². The lowest BCUT2D eigenvalue weighted by molar-refractivity contribution is -0.144. The van der Waals surface area contributed by atoms with Gasteiger partial charge in [-0.3, -0.25) is 0 Å². The van der Waals surface area contributed by atoms with Crippen LogP contribution in [-0.4, -0.2) is 34.0 Å². The fourth-order valence-corrected chi connectivity index (χ4v) is 2.00. The van der Waals surface area contributed by atoms with Crippen LogP contribution in [0.2, 0.25) is 0 Å². The number of hydrogen-bond acceptors (Lipinski definition) is 4. The second-order valence-electron chi connectivity index (χ2n) is 6.01. The molecule has 4 nitrogen and oxygen atoms in total. The molecule has 0 aromatic rings. The van der Waals surface area contributed by atoms with Crippen LogP contribution in [0.25, 0.3) is 0 Å². The Bertz CT molecular complexity index is 446. The maximum absolute atomic E-state index is 11.7. The molecule has 4 heteroatoms. The molecule has 0 aromatic carbocycles. The first-order valence-electron chi connectivity index (χ1n) is 7.37. The normalized spacial score (nSPS) is 41.3. The summed E-state index contributed by atoms with van der Waals surface area (Å²) >= 11 is 0. The predicted molar refractivity (Wildman–Crippen MR) is 82.6 cm³/mol. The van der Waals surface area contributed by atoms with Crippen molar-refractivity contribution in [3.05, 3.63) is 36.0 Å². The Balaban J connectivity index is 2.99. The van der Waals surface area contributed by atoms with Gasteiger partial charge in [0.1, 0.15) is 6.10 Å². The highest BCUT2D eigenvalue weighted by molar-refractivity contribution is 5.82. The second-order valence-corrected chi connectivity index (χ2v) is 6.01. The zero-order valence-electron chi connectivity index (χ0n) is 13.2. The van der Waals surface area contributed by atoms with E-state index in [1.165, 1.54) is 31.2 Å². The quantitative estimate of drug-likeness (QED) is 0.532. The molecule has 0 amide bonds. The van der Waals surface area contributed by atoms with E-state index in [0.29, 0.717) is 0 Å². The average Bonchev–Trinajstić information content (AvgIpc) is 2.41. The van der Waals surface area contributed by atoms with Crippen LogP contribution in [0, 0.1) is 5.92 Å². The van der Waals surface area contributed by atoms with Crippen molar-refractivity contribution in [2.24, 2.45) is 5.92 Å². The lowest BCUT2D eigenvalue weighted by Gasteiger charge is -2.20. The van der Waals surface area contributed by atoms with Crippen molar-refractivity contribution < 1.29 is 19.7 Å². The minimum Gasteiger partial charge on any atom is -0.459 e. The van der Waals surface area contributed by atoms with Crippen molar-refractivity contribution in [1.29, 1.82) is 0 Å². The molecule has 0 saturated carbocycles. The minimum atomic E-state index is -1.31. The SMILES string of the molecule is C/C1=C\CC[C@H](C)[C@@H](C)OC(=O)/C=C/[C@](C)(O)/C=C/[C@H]1O. The van der Waals surface area contributed by atoms with Gasteiger partial charge in [0.05, 0.1) is 11.7 Å². The summed E-state index contributed by atoms with van der Waals surface area (Å²) in [4.78, 5) is 11.7. The van der Waals surface area contributed by atoms with E-state index in [4.69, 9.17) is 4.74 Å². The zero-order valence-corrected chi connectivity index (χ0v) is 13.2. The van der Waals surface area contributed by atoms with Crippen LogP contribution in [0.1, 0.15) is 40.5 Å². The third-order valence-electron chi connectivity index (χ3n) is 3.83. The first-order valence-corrected chi connectivity index (χ1v) is 7.37. The number of allylic oxidation sites excluding steroid dienone is 1. The monoisotopic (exact) mass is 294 g/mol. The summed E-state index contributed by atoms with van der Waals surface area (Å²) in [6.45, 7) is 7.30. The van der Waals surface area contributed by atoms with Crippen LogP contribution in [0.4, 0.5) is 0 Å². The molecule has 2 N–H and O–H groups in total. The van der Waals surface area contributed by atoms with Gasteiger partial charge in [0.25, 0.3) is 0 Å². The highest BCUT2D eigenvalue weighted by Gasteiger charge is 2.18. The summed E-state index contributed by atoms with van der Waals surface area (Å²) < 4.78 is 5.32. The van der Waals surface area contributed by atoms with Crippen molar-refractivity contribution in [3.63, 3.8) is 0 Å². The largest absolute Gasteiger partial charge is 0.459 e. The van der Waals surface area contributed by atoms with Crippen molar-refractivity contribution in [1.82, 2.24) is 0 Å². The van der Waals surface area contributed by atoms with Gasteiger partial charge < -0.3 is 14.9 Å². The van der Waals surface area contributed by atoms with Crippen molar-refractivity contribution in [2.75, 3.05) is 0 Å². The molecule has 0 bridgehead atoms. The third-order valence-corrected chi connectivity index (χ3v) is 3.83. The van der Waals surface area contributed by atoms with E-state index in [-0.39, 0.29) is 12.0 Å². The third kappa shape index (κ3) is 6.27. The molecule has 4 atom stereocenters. The van der Waals surface area contributed by atoms with Crippen LogP contribution in [-0.2, 0) is 9.53 Å². The molecule has 1 aliphatic rings. The van der Waals surface area contributed by atoms with E-state index in [1.807, 2.05) is 26.8 Å². The Hall–Kier alpha value is -1.39. The smallest absolute Gasteiger partial charge is 0.330 e. The zero-order chi connectivity index (χ0) is 16.0. The number of carbonyl (C=O) groups is 1. The Morgan fingerprint density at radius 1 is 1.33 bits per heavy atom. The molecule has 1 rings (SSSR count). The lowest BCUT2D eigenvalue weighted by Crippen LogP contribution is -2.23. The number of aliphatic hydroxyl groups excluding tert-OH is 1. The maximum Gasteiger partial charge on any atom is 0.330 e. The van der Waals surface area contributed by atoms with Gasteiger partial charge in [-0.25, -0.2) is 4.79 Å². The minimum absolute atomic E-state index is 0.191. The molecule has 0 saturated heterocycles. The first-order chi connectivity index (χ1) is 9.71. The van der Waals surface area contributed by atoms with Crippen LogP contribution in [0.15, 0.2) is 36.0 Å². The highest BCUT2D eigenvalue weighted by atomic mass is 16.5. The summed E-state index contributed by atoms with van der Waals surface area (Å²) in [5, 5.41) is 20.1. The van der Waals surface area contributed by atoms with Crippen molar-refractivity contribution in [3.8, 4) is 0 Å². The van der Waals surface area contributed by atoms with Crippen LogP contribution in [0.5, 0.6) is 0 Å². The van der Waals surface area contributed by atoms with E-state index in [1.54, 1.807) is 0 Å². The van der Waals surface area contributed by atoms with Crippen LogP contribution in [0.3, 0.4) is 0 Å². The van der Waals surface area contributed by atoms with Gasteiger partial charge >= 0.3 is 5.97 Å². The van der Waals surface area contributed by atoms with E-state index in [0.717, 1.165) is 18.4 Å².